The number of hydrogen-bond donors (Lipinski definition) is 1. The van der Waals surface area contributed by atoms with Crippen molar-refractivity contribution in [3.05, 3.63) is 0 Å². The summed E-state index contributed by atoms with van der Waals surface area (Å²) in [6.45, 7) is 3.39. The van der Waals surface area contributed by atoms with Gasteiger partial charge in [0.2, 0.25) is 0 Å². The quantitative estimate of drug-likeness (QED) is 0.607. The van der Waals surface area contributed by atoms with Crippen LogP contribution in [0.2, 0.25) is 0 Å². The zero-order chi connectivity index (χ0) is 8.69. The molecular weight excluding hydrogens is 154 g/mol. The van der Waals surface area contributed by atoms with Crippen molar-refractivity contribution in [3.8, 4) is 0 Å². The van der Waals surface area contributed by atoms with Gasteiger partial charge in [0.1, 0.15) is 0 Å². The van der Waals surface area contributed by atoms with Crippen molar-refractivity contribution in [2.45, 2.75) is 37.9 Å². The average molecular weight is 175 g/mol. The summed E-state index contributed by atoms with van der Waals surface area (Å²) < 4.78 is 0. The first-order valence-corrected chi connectivity index (χ1v) is 5.01. The van der Waals surface area contributed by atoms with Gasteiger partial charge in [-0.05, 0) is 33.5 Å². The molecule has 2 heteroatoms. The molecule has 0 amide bonds. The fourth-order valence-electron chi connectivity index (χ4n) is 0.991. The molecule has 0 aliphatic heterocycles. The largest absolute Gasteiger partial charge is 0.309 e. The normalized spacial score (nSPS) is 13.9. The van der Waals surface area contributed by atoms with Crippen molar-refractivity contribution >= 4 is 12.6 Å². The molecule has 0 fully saturated rings. The van der Waals surface area contributed by atoms with Crippen molar-refractivity contribution in [3.63, 3.8) is 0 Å². The van der Waals surface area contributed by atoms with Gasteiger partial charge < -0.3 is 4.90 Å². The lowest BCUT2D eigenvalue weighted by atomic mass is 10.1. The van der Waals surface area contributed by atoms with Crippen LogP contribution in [-0.2, 0) is 0 Å². The molecule has 0 bridgehead atoms. The first kappa shape index (κ1) is 11.3. The van der Waals surface area contributed by atoms with Crippen LogP contribution in [0.1, 0.15) is 32.6 Å². The van der Waals surface area contributed by atoms with E-state index in [1.54, 1.807) is 0 Å². The minimum absolute atomic E-state index is 0.609. The van der Waals surface area contributed by atoms with E-state index in [1.807, 2.05) is 0 Å². The second-order valence-electron chi connectivity index (χ2n) is 3.39. The van der Waals surface area contributed by atoms with Crippen molar-refractivity contribution in [1.29, 1.82) is 0 Å². The lowest BCUT2D eigenvalue weighted by molar-refractivity contribution is 0.393. The molecule has 11 heavy (non-hydrogen) atoms. The van der Waals surface area contributed by atoms with Crippen LogP contribution >= 0.6 is 12.6 Å². The van der Waals surface area contributed by atoms with Gasteiger partial charge in [-0.3, -0.25) is 0 Å². The molecule has 0 aliphatic carbocycles. The minimum atomic E-state index is 0.609. The second kappa shape index (κ2) is 6.99. The Labute approximate surface area is 76.6 Å². The Morgan fingerprint density at radius 1 is 1.27 bits per heavy atom. The highest BCUT2D eigenvalue weighted by atomic mass is 32.1. The molecule has 0 aromatic heterocycles. The Kier molecular flexibility index (Phi) is 7.18. The molecule has 1 nitrogen and oxygen atoms in total. The summed E-state index contributed by atoms with van der Waals surface area (Å²) >= 11 is 4.51. The summed E-state index contributed by atoms with van der Waals surface area (Å²) in [6.07, 6.45) is 5.10. The smallest absolute Gasteiger partial charge is 0.00289 e. The van der Waals surface area contributed by atoms with Gasteiger partial charge in [0, 0.05) is 5.25 Å². The predicted molar refractivity (Wildman–Crippen MR) is 55.5 cm³/mol. The number of hydrogen-bond acceptors (Lipinski definition) is 2. The minimum Gasteiger partial charge on any atom is -0.309 e. The first-order valence-electron chi connectivity index (χ1n) is 4.49. The SMILES string of the molecule is CCCCC(S)CCN(C)C. The highest BCUT2D eigenvalue weighted by molar-refractivity contribution is 7.80. The molecule has 0 saturated carbocycles. The molecule has 1 atom stereocenters. The van der Waals surface area contributed by atoms with Crippen molar-refractivity contribution in [2.24, 2.45) is 0 Å². The summed E-state index contributed by atoms with van der Waals surface area (Å²) in [6, 6.07) is 0. The molecule has 0 radical (unpaired) electrons. The van der Waals surface area contributed by atoms with Gasteiger partial charge in [-0.2, -0.15) is 12.6 Å². The maximum Gasteiger partial charge on any atom is 0.00289 e. The third-order valence-corrected chi connectivity index (χ3v) is 2.32. The number of thiol groups is 1. The maximum absolute atomic E-state index is 4.51. The number of rotatable bonds is 6. The third kappa shape index (κ3) is 8.21. The Balaban J connectivity index is 3.15. The lowest BCUT2D eigenvalue weighted by Gasteiger charge is -2.13. The van der Waals surface area contributed by atoms with Gasteiger partial charge in [-0.15, -0.1) is 0 Å². The van der Waals surface area contributed by atoms with Gasteiger partial charge in [-0.25, -0.2) is 0 Å². The van der Waals surface area contributed by atoms with E-state index in [1.165, 1.54) is 25.7 Å². The molecular formula is C9H21NS. The zero-order valence-corrected chi connectivity index (χ0v) is 8.90. The van der Waals surface area contributed by atoms with E-state index < -0.39 is 0 Å². The summed E-state index contributed by atoms with van der Waals surface area (Å²) in [7, 11) is 4.22. The summed E-state index contributed by atoms with van der Waals surface area (Å²) in [5.74, 6) is 0. The van der Waals surface area contributed by atoms with E-state index in [0.717, 1.165) is 6.54 Å². The van der Waals surface area contributed by atoms with Gasteiger partial charge in [-0.1, -0.05) is 19.8 Å². The lowest BCUT2D eigenvalue weighted by Crippen LogP contribution is -2.16. The van der Waals surface area contributed by atoms with Crippen LogP contribution in [0.4, 0.5) is 0 Å². The van der Waals surface area contributed by atoms with Gasteiger partial charge in [0.15, 0.2) is 0 Å². The molecule has 0 aromatic carbocycles. The van der Waals surface area contributed by atoms with E-state index in [-0.39, 0.29) is 0 Å². The van der Waals surface area contributed by atoms with Crippen molar-refractivity contribution in [1.82, 2.24) is 4.90 Å². The zero-order valence-electron chi connectivity index (χ0n) is 8.01. The first-order chi connectivity index (χ1) is 5.16. The summed E-state index contributed by atoms with van der Waals surface area (Å²) in [5.41, 5.74) is 0. The van der Waals surface area contributed by atoms with E-state index in [9.17, 15) is 0 Å². The Bertz CT molecular complexity index is 83.6. The Morgan fingerprint density at radius 2 is 1.91 bits per heavy atom. The van der Waals surface area contributed by atoms with Crippen LogP contribution < -0.4 is 0 Å². The topological polar surface area (TPSA) is 3.24 Å². The molecule has 0 aromatic rings. The number of nitrogens with zero attached hydrogens (tertiary/aromatic N) is 1. The second-order valence-corrected chi connectivity index (χ2v) is 4.12. The van der Waals surface area contributed by atoms with Crippen LogP contribution in [0.3, 0.4) is 0 Å². The molecule has 0 spiro atoms. The van der Waals surface area contributed by atoms with Crippen LogP contribution in [0.25, 0.3) is 0 Å². The fraction of sp³-hybridized carbons (Fsp3) is 1.00. The van der Waals surface area contributed by atoms with Gasteiger partial charge in [0.25, 0.3) is 0 Å². The molecule has 0 saturated heterocycles. The monoisotopic (exact) mass is 175 g/mol. The summed E-state index contributed by atoms with van der Waals surface area (Å²) in [5, 5.41) is 0.609. The van der Waals surface area contributed by atoms with Crippen LogP contribution in [0.5, 0.6) is 0 Å². The van der Waals surface area contributed by atoms with Crippen molar-refractivity contribution in [2.75, 3.05) is 20.6 Å². The molecule has 0 aliphatic rings. The molecule has 0 rings (SSSR count). The summed E-state index contributed by atoms with van der Waals surface area (Å²) in [4.78, 5) is 2.22. The molecule has 0 N–H and O–H groups in total. The average Bonchev–Trinajstić information content (AvgIpc) is 1.97. The molecule has 1 unspecified atom stereocenters. The fourth-order valence-corrected chi connectivity index (χ4v) is 1.29. The van der Waals surface area contributed by atoms with E-state index in [4.69, 9.17) is 0 Å². The van der Waals surface area contributed by atoms with E-state index in [2.05, 4.69) is 38.5 Å². The van der Waals surface area contributed by atoms with Crippen LogP contribution in [0.15, 0.2) is 0 Å². The Morgan fingerprint density at radius 3 is 2.36 bits per heavy atom. The van der Waals surface area contributed by atoms with E-state index in [0.29, 0.717) is 5.25 Å². The van der Waals surface area contributed by atoms with Gasteiger partial charge >= 0.3 is 0 Å². The van der Waals surface area contributed by atoms with Crippen molar-refractivity contribution < 1.29 is 0 Å². The third-order valence-electron chi connectivity index (χ3n) is 1.80. The van der Waals surface area contributed by atoms with Crippen LogP contribution in [-0.4, -0.2) is 30.8 Å². The molecule has 0 heterocycles. The predicted octanol–water partition coefficient (Wildman–Crippen LogP) is 2.43. The highest BCUT2D eigenvalue weighted by Crippen LogP contribution is 2.10. The maximum atomic E-state index is 4.51. The standard InChI is InChI=1S/C9H21NS/c1-4-5-6-9(11)7-8-10(2)3/h9,11H,4-8H2,1-3H3. The van der Waals surface area contributed by atoms with Crippen LogP contribution in [0, 0.1) is 0 Å². The van der Waals surface area contributed by atoms with Gasteiger partial charge in [0.05, 0.1) is 0 Å². The highest BCUT2D eigenvalue weighted by Gasteiger charge is 2.01. The number of unbranched alkanes of at least 4 members (excludes halogenated alkanes) is 1. The van der Waals surface area contributed by atoms with E-state index >= 15 is 0 Å². The molecule has 68 valence electrons. The Hall–Kier alpha value is 0.310.